The van der Waals surface area contributed by atoms with Crippen LogP contribution < -0.4 is 10.9 Å². The maximum Gasteiger partial charge on any atom is 0.274 e. The van der Waals surface area contributed by atoms with Crippen molar-refractivity contribution >= 4 is 16.7 Å². The zero-order chi connectivity index (χ0) is 17.3. The Morgan fingerprint density at radius 3 is 2.71 bits per heavy atom. The second-order valence-electron chi connectivity index (χ2n) is 7.00. The van der Waals surface area contributed by atoms with E-state index in [0.29, 0.717) is 35.1 Å². The molecule has 6 nitrogen and oxygen atoms in total. The maximum absolute atomic E-state index is 12.6. The Morgan fingerprint density at radius 2 is 2.04 bits per heavy atom. The van der Waals surface area contributed by atoms with Crippen LogP contribution in [0.5, 0.6) is 0 Å². The van der Waals surface area contributed by atoms with Gasteiger partial charge in [0.05, 0.1) is 6.54 Å². The summed E-state index contributed by atoms with van der Waals surface area (Å²) in [7, 11) is 5.93. The lowest BCUT2D eigenvalue weighted by molar-refractivity contribution is 0.0982. The summed E-state index contributed by atoms with van der Waals surface area (Å²) in [5, 5.41) is 4.11. The van der Waals surface area contributed by atoms with Crippen LogP contribution in [0.1, 0.15) is 36.0 Å². The molecular weight excluding hydrogens is 304 g/mol. The molecule has 1 saturated carbocycles. The van der Waals surface area contributed by atoms with Gasteiger partial charge in [0.1, 0.15) is 5.52 Å². The van der Waals surface area contributed by atoms with Crippen LogP contribution >= 0.6 is 0 Å². The lowest BCUT2D eigenvalue weighted by Gasteiger charge is -2.33. The number of aromatic nitrogens is 2. The van der Waals surface area contributed by atoms with E-state index in [-0.39, 0.29) is 11.3 Å². The van der Waals surface area contributed by atoms with Crippen molar-refractivity contribution in [2.75, 3.05) is 20.6 Å². The monoisotopic (exact) mass is 330 g/mol. The molecule has 0 bridgehead atoms. The van der Waals surface area contributed by atoms with Crippen LogP contribution in [0.25, 0.3) is 10.9 Å². The smallest absolute Gasteiger partial charge is 0.274 e. The van der Waals surface area contributed by atoms with Crippen molar-refractivity contribution < 1.29 is 4.79 Å². The molecule has 1 aliphatic rings. The fraction of sp³-hybridized carbons (Fsp3) is 0.556. The number of nitrogens with one attached hydrogen (secondary N) is 2. The lowest BCUT2D eigenvalue weighted by Crippen LogP contribution is -2.41. The van der Waals surface area contributed by atoms with E-state index in [0.717, 1.165) is 12.8 Å². The summed E-state index contributed by atoms with van der Waals surface area (Å²) < 4.78 is 1.47. The van der Waals surface area contributed by atoms with Gasteiger partial charge in [-0.15, -0.1) is 0 Å². The number of nitrogens with zero attached hydrogens (tertiary/aromatic N) is 2. The molecule has 0 radical (unpaired) electrons. The second kappa shape index (κ2) is 6.91. The molecule has 2 aromatic rings. The van der Waals surface area contributed by atoms with Crippen LogP contribution in [0.4, 0.5) is 0 Å². The van der Waals surface area contributed by atoms with Gasteiger partial charge in [-0.25, -0.2) is 0 Å². The number of carbonyl (C=O) groups is 1. The predicted octanol–water partition coefficient (Wildman–Crippen LogP) is 1.51. The van der Waals surface area contributed by atoms with Crippen LogP contribution in [-0.4, -0.2) is 53.0 Å². The Morgan fingerprint density at radius 1 is 1.33 bits per heavy atom. The fourth-order valence-electron chi connectivity index (χ4n) is 3.62. The van der Waals surface area contributed by atoms with Crippen molar-refractivity contribution in [2.24, 2.45) is 7.05 Å². The molecule has 130 valence electrons. The van der Waals surface area contributed by atoms with Gasteiger partial charge in [0.25, 0.3) is 5.56 Å². The van der Waals surface area contributed by atoms with Crippen LogP contribution in [0, 0.1) is 0 Å². The highest BCUT2D eigenvalue weighted by Crippen LogP contribution is 2.21. The zero-order valence-corrected chi connectivity index (χ0v) is 14.6. The largest absolute Gasteiger partial charge is 0.357 e. The molecule has 0 spiro atoms. The Hall–Kier alpha value is -1.92. The number of hydrogen-bond donors (Lipinski definition) is 2. The number of carbonyl (C=O) groups excluding carboxylic acids is 1. The Balaban J connectivity index is 1.65. The van der Waals surface area contributed by atoms with E-state index in [1.165, 1.54) is 17.4 Å². The number of aryl methyl sites for hydroxylation is 1. The highest BCUT2D eigenvalue weighted by Gasteiger charge is 2.23. The summed E-state index contributed by atoms with van der Waals surface area (Å²) in [5.41, 5.74) is 0.985. The van der Waals surface area contributed by atoms with Gasteiger partial charge in [0.2, 0.25) is 0 Å². The number of fused-ring (bicyclic) bond motifs is 1. The van der Waals surface area contributed by atoms with Crippen LogP contribution in [-0.2, 0) is 7.05 Å². The molecule has 6 heteroatoms. The van der Waals surface area contributed by atoms with Gasteiger partial charge < -0.3 is 19.8 Å². The van der Waals surface area contributed by atoms with Gasteiger partial charge in [-0.3, -0.25) is 9.59 Å². The molecule has 0 unspecified atom stereocenters. The molecule has 0 aromatic carbocycles. The average Bonchev–Trinajstić information content (AvgIpc) is 3.06. The first-order valence-corrected chi connectivity index (χ1v) is 8.57. The van der Waals surface area contributed by atoms with Gasteiger partial charge >= 0.3 is 0 Å². The molecular formula is C18H26N4O2. The van der Waals surface area contributed by atoms with E-state index in [4.69, 9.17) is 0 Å². The number of pyridine rings is 1. The second-order valence-corrected chi connectivity index (χ2v) is 7.00. The van der Waals surface area contributed by atoms with Crippen LogP contribution in [0.3, 0.4) is 0 Å². The van der Waals surface area contributed by atoms with Crippen molar-refractivity contribution in [1.82, 2.24) is 19.8 Å². The number of aromatic amines is 1. The van der Waals surface area contributed by atoms with Gasteiger partial charge in [0, 0.05) is 42.5 Å². The Labute approximate surface area is 141 Å². The van der Waals surface area contributed by atoms with E-state index in [9.17, 15) is 9.59 Å². The minimum absolute atomic E-state index is 0.0323. The number of hydrogen-bond acceptors (Lipinski definition) is 4. The third-order valence-corrected chi connectivity index (χ3v) is 5.17. The topological polar surface area (TPSA) is 70.1 Å². The molecule has 3 rings (SSSR count). The number of rotatable bonds is 5. The predicted molar refractivity (Wildman–Crippen MR) is 95.6 cm³/mol. The van der Waals surface area contributed by atoms with E-state index in [1.807, 2.05) is 0 Å². The maximum atomic E-state index is 12.6. The van der Waals surface area contributed by atoms with Crippen molar-refractivity contribution in [2.45, 2.75) is 37.8 Å². The molecule has 2 aromatic heterocycles. The highest BCUT2D eigenvalue weighted by molar-refractivity contribution is 6.08. The minimum atomic E-state index is -0.110. The molecule has 2 heterocycles. The first kappa shape index (κ1) is 16.9. The van der Waals surface area contributed by atoms with Crippen LogP contribution in [0.2, 0.25) is 0 Å². The summed E-state index contributed by atoms with van der Waals surface area (Å²) in [4.78, 5) is 29.9. The van der Waals surface area contributed by atoms with E-state index in [1.54, 1.807) is 25.5 Å². The summed E-state index contributed by atoms with van der Waals surface area (Å²) in [5.74, 6) is 0.0323. The molecule has 0 aliphatic heterocycles. The lowest BCUT2D eigenvalue weighted by atomic mass is 9.90. The van der Waals surface area contributed by atoms with Gasteiger partial charge in [-0.05, 0) is 45.8 Å². The highest BCUT2D eigenvalue weighted by atomic mass is 16.1. The van der Waals surface area contributed by atoms with Gasteiger partial charge in [-0.1, -0.05) is 0 Å². The standard InChI is InChI=1S/C18H26N4O2/c1-21(2)13-6-4-12(5-7-13)20-10-16(23)15-11-22(3)18(24)17-14(15)8-9-19-17/h8-9,11-13,19-20H,4-7,10H2,1-3H3. The summed E-state index contributed by atoms with van der Waals surface area (Å²) in [6.45, 7) is 0.315. The molecule has 1 aliphatic carbocycles. The fourth-order valence-corrected chi connectivity index (χ4v) is 3.62. The third kappa shape index (κ3) is 3.30. The van der Waals surface area contributed by atoms with E-state index >= 15 is 0 Å². The van der Waals surface area contributed by atoms with Crippen molar-refractivity contribution in [3.05, 3.63) is 34.4 Å². The van der Waals surface area contributed by atoms with E-state index in [2.05, 4.69) is 29.3 Å². The van der Waals surface area contributed by atoms with Crippen LogP contribution in [0.15, 0.2) is 23.3 Å². The minimum Gasteiger partial charge on any atom is -0.357 e. The molecule has 0 saturated heterocycles. The van der Waals surface area contributed by atoms with Gasteiger partial charge in [0.15, 0.2) is 5.78 Å². The Kier molecular flexibility index (Phi) is 4.87. The van der Waals surface area contributed by atoms with E-state index < -0.39 is 0 Å². The van der Waals surface area contributed by atoms with Gasteiger partial charge in [-0.2, -0.15) is 0 Å². The third-order valence-electron chi connectivity index (χ3n) is 5.17. The summed E-state index contributed by atoms with van der Waals surface area (Å²) in [6, 6.07) is 2.85. The summed E-state index contributed by atoms with van der Waals surface area (Å²) in [6.07, 6.45) is 7.89. The first-order chi connectivity index (χ1) is 11.5. The SMILES string of the molecule is CN(C)C1CCC(NCC(=O)c2cn(C)c(=O)c3[nH]ccc23)CC1. The van der Waals surface area contributed by atoms with Crippen molar-refractivity contribution in [3.63, 3.8) is 0 Å². The molecule has 1 fully saturated rings. The number of H-pyrrole nitrogens is 1. The normalized spacial score (nSPS) is 21.5. The van der Waals surface area contributed by atoms with Crippen molar-refractivity contribution in [1.29, 1.82) is 0 Å². The molecule has 2 N–H and O–H groups in total. The van der Waals surface area contributed by atoms with Crippen molar-refractivity contribution in [3.8, 4) is 0 Å². The Bertz CT molecular complexity index is 782. The first-order valence-electron chi connectivity index (χ1n) is 8.57. The molecule has 0 atom stereocenters. The quantitative estimate of drug-likeness (QED) is 0.816. The zero-order valence-electron chi connectivity index (χ0n) is 14.6. The average molecular weight is 330 g/mol. The summed E-state index contributed by atoms with van der Waals surface area (Å²) >= 11 is 0. The molecule has 0 amide bonds. The number of Topliss-reactive ketones (excluding diaryl/α,β-unsaturated/α-hetero) is 1. The number of ketones is 1. The molecule has 24 heavy (non-hydrogen) atoms.